The lowest BCUT2D eigenvalue weighted by atomic mass is 10.1. The van der Waals surface area contributed by atoms with Crippen molar-refractivity contribution in [2.75, 3.05) is 18.6 Å². The van der Waals surface area contributed by atoms with Gasteiger partial charge >= 0.3 is 0 Å². The standard InChI is InChI=1S/C14H17N3O2S/c1-17(11-4-6-20-7-5-11)14(18)9-10-2-3-12-13(8-10)16-19-15-12/h2-3,8,11H,4-7,9H2,1H3. The first-order chi connectivity index (χ1) is 9.74. The van der Waals surface area contributed by atoms with E-state index in [0.29, 0.717) is 18.0 Å². The molecule has 20 heavy (non-hydrogen) atoms. The highest BCUT2D eigenvalue weighted by atomic mass is 32.2. The lowest BCUT2D eigenvalue weighted by Crippen LogP contribution is -2.40. The Morgan fingerprint density at radius 1 is 1.35 bits per heavy atom. The van der Waals surface area contributed by atoms with Crippen molar-refractivity contribution in [3.05, 3.63) is 23.8 Å². The summed E-state index contributed by atoms with van der Waals surface area (Å²) in [5.41, 5.74) is 2.38. The maximum Gasteiger partial charge on any atom is 0.226 e. The number of fused-ring (bicyclic) bond motifs is 1. The summed E-state index contributed by atoms with van der Waals surface area (Å²) >= 11 is 1.97. The number of likely N-dealkylation sites (N-methyl/N-ethyl adjacent to an activating group) is 1. The second-order valence-electron chi connectivity index (χ2n) is 5.11. The largest absolute Gasteiger partial charge is 0.342 e. The van der Waals surface area contributed by atoms with Crippen LogP contribution in [0.4, 0.5) is 0 Å². The minimum atomic E-state index is 0.165. The number of hydrogen-bond donors (Lipinski definition) is 0. The van der Waals surface area contributed by atoms with Gasteiger partial charge in [-0.15, -0.1) is 0 Å². The van der Waals surface area contributed by atoms with Crippen molar-refractivity contribution in [2.45, 2.75) is 25.3 Å². The summed E-state index contributed by atoms with van der Waals surface area (Å²) in [5, 5.41) is 7.57. The van der Waals surface area contributed by atoms with E-state index in [2.05, 4.69) is 14.9 Å². The molecule has 0 saturated carbocycles. The molecule has 1 amide bonds. The van der Waals surface area contributed by atoms with Crippen molar-refractivity contribution in [2.24, 2.45) is 0 Å². The predicted octanol–water partition coefficient (Wildman–Crippen LogP) is 2.12. The van der Waals surface area contributed by atoms with Gasteiger partial charge in [-0.2, -0.15) is 11.8 Å². The van der Waals surface area contributed by atoms with Crippen LogP contribution in [0.5, 0.6) is 0 Å². The molecule has 0 bridgehead atoms. The molecule has 0 spiro atoms. The summed E-state index contributed by atoms with van der Waals surface area (Å²) in [7, 11) is 1.92. The van der Waals surface area contributed by atoms with Crippen LogP contribution in [0.1, 0.15) is 18.4 Å². The predicted molar refractivity (Wildman–Crippen MR) is 78.6 cm³/mol. The molecule has 0 unspecified atom stereocenters. The summed E-state index contributed by atoms with van der Waals surface area (Å²) in [6.45, 7) is 0. The van der Waals surface area contributed by atoms with E-state index in [1.54, 1.807) is 0 Å². The third-order valence-corrected chi connectivity index (χ3v) is 4.85. The monoisotopic (exact) mass is 291 g/mol. The molecule has 5 nitrogen and oxygen atoms in total. The lowest BCUT2D eigenvalue weighted by molar-refractivity contribution is -0.131. The number of carbonyl (C=O) groups is 1. The third-order valence-electron chi connectivity index (χ3n) is 3.81. The van der Waals surface area contributed by atoms with E-state index < -0.39 is 0 Å². The van der Waals surface area contributed by atoms with Crippen LogP contribution >= 0.6 is 11.8 Å². The molecule has 2 heterocycles. The average molecular weight is 291 g/mol. The second kappa shape index (κ2) is 5.83. The van der Waals surface area contributed by atoms with E-state index >= 15 is 0 Å². The summed E-state index contributed by atoms with van der Waals surface area (Å²) in [6, 6.07) is 6.01. The van der Waals surface area contributed by atoms with Gasteiger partial charge < -0.3 is 4.90 Å². The quantitative estimate of drug-likeness (QED) is 0.867. The van der Waals surface area contributed by atoms with Crippen molar-refractivity contribution in [1.29, 1.82) is 0 Å². The zero-order valence-electron chi connectivity index (χ0n) is 11.4. The Kier molecular flexibility index (Phi) is 3.91. The van der Waals surface area contributed by atoms with E-state index in [0.717, 1.165) is 35.4 Å². The second-order valence-corrected chi connectivity index (χ2v) is 6.34. The van der Waals surface area contributed by atoms with Gasteiger partial charge in [0.25, 0.3) is 0 Å². The van der Waals surface area contributed by atoms with Gasteiger partial charge in [-0.3, -0.25) is 4.79 Å². The number of hydrogen-bond acceptors (Lipinski definition) is 5. The van der Waals surface area contributed by atoms with Crippen LogP contribution in [0.25, 0.3) is 11.0 Å². The minimum absolute atomic E-state index is 0.165. The van der Waals surface area contributed by atoms with Gasteiger partial charge in [0, 0.05) is 13.1 Å². The molecule has 1 aliphatic rings. The molecule has 2 aromatic rings. The third kappa shape index (κ3) is 2.80. The molecule has 3 rings (SSSR count). The molecule has 1 saturated heterocycles. The van der Waals surface area contributed by atoms with Crippen molar-refractivity contribution < 1.29 is 9.42 Å². The first-order valence-corrected chi connectivity index (χ1v) is 7.94. The molecule has 6 heteroatoms. The van der Waals surface area contributed by atoms with Gasteiger partial charge in [-0.05, 0) is 52.4 Å². The lowest BCUT2D eigenvalue weighted by Gasteiger charge is -2.31. The number of thioether (sulfide) groups is 1. The number of aromatic nitrogens is 2. The summed E-state index contributed by atoms with van der Waals surface area (Å²) < 4.78 is 4.67. The fourth-order valence-corrected chi connectivity index (χ4v) is 3.59. The van der Waals surface area contributed by atoms with Gasteiger partial charge in [0.15, 0.2) is 0 Å². The van der Waals surface area contributed by atoms with Crippen molar-refractivity contribution >= 4 is 28.7 Å². The zero-order chi connectivity index (χ0) is 13.9. The van der Waals surface area contributed by atoms with Gasteiger partial charge in [-0.1, -0.05) is 6.07 Å². The molecular formula is C14H17N3O2S. The molecule has 1 aromatic heterocycles. The summed E-state index contributed by atoms with van der Waals surface area (Å²) in [4.78, 5) is 14.3. The maximum absolute atomic E-state index is 12.3. The van der Waals surface area contributed by atoms with Crippen molar-refractivity contribution in [3.63, 3.8) is 0 Å². The Morgan fingerprint density at radius 3 is 2.90 bits per heavy atom. The van der Waals surface area contributed by atoms with Crippen LogP contribution in [-0.4, -0.2) is 45.7 Å². The first-order valence-electron chi connectivity index (χ1n) is 6.78. The minimum Gasteiger partial charge on any atom is -0.342 e. The smallest absolute Gasteiger partial charge is 0.226 e. The molecule has 0 N–H and O–H groups in total. The highest BCUT2D eigenvalue weighted by Gasteiger charge is 2.22. The molecule has 1 aliphatic heterocycles. The molecule has 0 atom stereocenters. The number of amides is 1. The molecular weight excluding hydrogens is 274 g/mol. The maximum atomic E-state index is 12.3. The van der Waals surface area contributed by atoms with Gasteiger partial charge in [0.1, 0.15) is 11.0 Å². The van der Waals surface area contributed by atoms with Crippen LogP contribution in [0, 0.1) is 0 Å². The molecule has 1 fully saturated rings. The van der Waals surface area contributed by atoms with Crippen LogP contribution in [0.3, 0.4) is 0 Å². The van der Waals surface area contributed by atoms with E-state index in [1.165, 1.54) is 0 Å². The normalized spacial score (nSPS) is 16.4. The SMILES string of the molecule is CN(C(=O)Cc1ccc2nonc2c1)C1CCSCC1. The average Bonchev–Trinajstić information content (AvgIpc) is 2.95. The number of carbonyl (C=O) groups excluding carboxylic acids is 1. The Bertz CT molecular complexity index is 607. The van der Waals surface area contributed by atoms with E-state index in [-0.39, 0.29) is 5.91 Å². The Labute approximate surface area is 121 Å². The molecule has 0 radical (unpaired) electrons. The van der Waals surface area contributed by atoms with Gasteiger partial charge in [0.2, 0.25) is 5.91 Å². The Hall–Kier alpha value is -1.56. The van der Waals surface area contributed by atoms with E-state index in [4.69, 9.17) is 0 Å². The highest BCUT2D eigenvalue weighted by molar-refractivity contribution is 7.99. The van der Waals surface area contributed by atoms with E-state index in [9.17, 15) is 4.79 Å². The van der Waals surface area contributed by atoms with Crippen LogP contribution in [-0.2, 0) is 11.2 Å². The van der Waals surface area contributed by atoms with Gasteiger partial charge in [0.05, 0.1) is 6.42 Å². The zero-order valence-corrected chi connectivity index (χ0v) is 12.2. The summed E-state index contributed by atoms with van der Waals surface area (Å²) in [5.74, 6) is 2.47. The fourth-order valence-electron chi connectivity index (χ4n) is 2.51. The first kappa shape index (κ1) is 13.4. The van der Waals surface area contributed by atoms with Crippen LogP contribution in [0.15, 0.2) is 22.8 Å². The highest BCUT2D eigenvalue weighted by Crippen LogP contribution is 2.21. The van der Waals surface area contributed by atoms with Gasteiger partial charge in [-0.25, -0.2) is 4.63 Å². The number of benzene rings is 1. The molecule has 106 valence electrons. The Balaban J connectivity index is 1.67. The Morgan fingerprint density at radius 2 is 2.10 bits per heavy atom. The van der Waals surface area contributed by atoms with Crippen LogP contribution < -0.4 is 0 Å². The van der Waals surface area contributed by atoms with Crippen LogP contribution in [0.2, 0.25) is 0 Å². The summed E-state index contributed by atoms with van der Waals surface area (Å²) in [6.07, 6.45) is 2.60. The molecule has 1 aromatic carbocycles. The van der Waals surface area contributed by atoms with Crippen molar-refractivity contribution in [1.82, 2.24) is 15.2 Å². The molecule has 0 aliphatic carbocycles. The number of nitrogens with zero attached hydrogens (tertiary/aromatic N) is 3. The number of rotatable bonds is 3. The van der Waals surface area contributed by atoms with E-state index in [1.807, 2.05) is 41.9 Å². The van der Waals surface area contributed by atoms with Crippen molar-refractivity contribution in [3.8, 4) is 0 Å². The fraction of sp³-hybridized carbons (Fsp3) is 0.500. The topological polar surface area (TPSA) is 59.2 Å².